The Balaban J connectivity index is 1.96. The van der Waals surface area contributed by atoms with Crippen molar-refractivity contribution < 1.29 is 4.79 Å². The Morgan fingerprint density at radius 2 is 2.50 bits per heavy atom. The lowest BCUT2D eigenvalue weighted by Crippen LogP contribution is -2.48. The van der Waals surface area contributed by atoms with E-state index in [4.69, 9.17) is 11.6 Å². The van der Waals surface area contributed by atoms with Crippen molar-refractivity contribution in [2.24, 2.45) is 0 Å². The van der Waals surface area contributed by atoms with Gasteiger partial charge in [0.05, 0.1) is 10.4 Å². The lowest BCUT2D eigenvalue weighted by atomic mass is 10.0. The molecule has 1 amide bonds. The first-order chi connectivity index (χ1) is 7.66. The molecule has 3 nitrogen and oxygen atoms in total. The molecule has 0 aromatic carbocycles. The van der Waals surface area contributed by atoms with Gasteiger partial charge in [-0.1, -0.05) is 11.6 Å². The van der Waals surface area contributed by atoms with Crippen LogP contribution < -0.4 is 10.6 Å². The molecule has 1 aliphatic rings. The number of halogens is 1. The van der Waals surface area contributed by atoms with Gasteiger partial charge < -0.3 is 5.32 Å². The van der Waals surface area contributed by atoms with Crippen molar-refractivity contribution in [2.75, 3.05) is 6.54 Å². The van der Waals surface area contributed by atoms with Gasteiger partial charge in [0.15, 0.2) is 0 Å². The van der Waals surface area contributed by atoms with Gasteiger partial charge in [-0.25, -0.2) is 0 Å². The Hall–Kier alpha value is -0.580. The highest BCUT2D eigenvalue weighted by Crippen LogP contribution is 2.25. The summed E-state index contributed by atoms with van der Waals surface area (Å²) in [7, 11) is 0. The Morgan fingerprint density at radius 1 is 1.69 bits per heavy atom. The van der Waals surface area contributed by atoms with E-state index >= 15 is 0 Å². The lowest BCUT2D eigenvalue weighted by molar-refractivity contribution is -0.124. The number of amides is 1. The second-order valence-corrected chi connectivity index (χ2v) is 5.60. The fourth-order valence-corrected chi connectivity index (χ4v) is 2.86. The molecule has 0 saturated carbocycles. The van der Waals surface area contributed by atoms with Crippen LogP contribution in [0.3, 0.4) is 0 Å². The Labute approximate surface area is 104 Å². The molecule has 0 bridgehead atoms. The summed E-state index contributed by atoms with van der Waals surface area (Å²) in [6.07, 6.45) is 1.95. The number of nitrogens with one attached hydrogen (secondary N) is 2. The summed E-state index contributed by atoms with van der Waals surface area (Å²) in [6, 6.07) is 2.05. The quantitative estimate of drug-likeness (QED) is 0.874. The summed E-state index contributed by atoms with van der Waals surface area (Å²) >= 11 is 7.41. The van der Waals surface area contributed by atoms with E-state index in [0.29, 0.717) is 0 Å². The largest absolute Gasteiger partial charge is 0.355 e. The molecule has 0 spiro atoms. The molecule has 2 heterocycles. The monoisotopic (exact) mass is 258 g/mol. The molecule has 1 aromatic rings. The third-order valence-corrected chi connectivity index (χ3v) is 3.93. The van der Waals surface area contributed by atoms with Crippen LogP contribution in [0, 0.1) is 0 Å². The van der Waals surface area contributed by atoms with Crippen molar-refractivity contribution in [1.29, 1.82) is 0 Å². The first kappa shape index (κ1) is 11.9. The first-order valence-electron chi connectivity index (χ1n) is 5.44. The van der Waals surface area contributed by atoms with Crippen LogP contribution in [-0.2, 0) is 4.79 Å². The van der Waals surface area contributed by atoms with E-state index in [1.54, 1.807) is 0 Å². The molecular weight excluding hydrogens is 244 g/mol. The van der Waals surface area contributed by atoms with E-state index in [2.05, 4.69) is 17.6 Å². The predicted octanol–water partition coefficient (Wildman–Crippen LogP) is 2.33. The van der Waals surface area contributed by atoms with Gasteiger partial charge in [-0.2, -0.15) is 0 Å². The summed E-state index contributed by atoms with van der Waals surface area (Å²) in [5.41, 5.74) is 1.15. The fourth-order valence-electron chi connectivity index (χ4n) is 1.88. The molecule has 1 saturated heterocycles. The molecule has 1 fully saturated rings. The number of rotatable bonds is 3. The number of hydrogen-bond acceptors (Lipinski definition) is 3. The van der Waals surface area contributed by atoms with Crippen molar-refractivity contribution in [3.05, 3.63) is 21.3 Å². The number of thiophene rings is 1. The smallest absolute Gasteiger partial charge is 0.237 e. The zero-order valence-electron chi connectivity index (χ0n) is 9.13. The third kappa shape index (κ3) is 2.75. The van der Waals surface area contributed by atoms with Crippen LogP contribution in [0.2, 0.25) is 4.34 Å². The Morgan fingerprint density at radius 3 is 3.12 bits per heavy atom. The van der Waals surface area contributed by atoms with Gasteiger partial charge in [0.25, 0.3) is 0 Å². The van der Waals surface area contributed by atoms with E-state index in [0.717, 1.165) is 29.3 Å². The molecule has 2 atom stereocenters. The minimum absolute atomic E-state index is 0.0672. The molecule has 16 heavy (non-hydrogen) atoms. The maximum Gasteiger partial charge on any atom is 0.237 e. The van der Waals surface area contributed by atoms with Crippen molar-refractivity contribution in [3.63, 3.8) is 0 Å². The SMILES string of the molecule is CC(NC1CCCNC1=O)c1csc(Cl)c1. The van der Waals surface area contributed by atoms with Crippen LogP contribution in [0.15, 0.2) is 11.4 Å². The Kier molecular flexibility index (Phi) is 3.84. The third-order valence-electron chi connectivity index (χ3n) is 2.82. The van der Waals surface area contributed by atoms with Gasteiger partial charge >= 0.3 is 0 Å². The average Bonchev–Trinajstić information content (AvgIpc) is 2.68. The van der Waals surface area contributed by atoms with E-state index in [9.17, 15) is 4.79 Å². The summed E-state index contributed by atoms with van der Waals surface area (Å²) in [5, 5.41) is 8.23. The molecule has 0 aliphatic carbocycles. The standard InChI is InChI=1S/C11H15ClN2OS/c1-7(8-5-10(12)16-6-8)14-9-3-2-4-13-11(9)15/h5-7,9,14H,2-4H2,1H3,(H,13,15). The van der Waals surface area contributed by atoms with Crippen LogP contribution in [-0.4, -0.2) is 18.5 Å². The zero-order valence-corrected chi connectivity index (χ0v) is 10.7. The van der Waals surface area contributed by atoms with Crippen LogP contribution in [0.25, 0.3) is 0 Å². The molecule has 1 aromatic heterocycles. The van der Waals surface area contributed by atoms with Gasteiger partial charge in [0.1, 0.15) is 0 Å². The van der Waals surface area contributed by atoms with E-state index in [1.165, 1.54) is 11.3 Å². The second kappa shape index (κ2) is 5.17. The molecular formula is C11H15ClN2OS. The summed E-state index contributed by atoms with van der Waals surface area (Å²) in [5.74, 6) is 0.111. The molecule has 2 rings (SSSR count). The molecule has 88 valence electrons. The zero-order chi connectivity index (χ0) is 11.5. The number of piperidine rings is 1. The van der Waals surface area contributed by atoms with Crippen LogP contribution in [0.5, 0.6) is 0 Å². The first-order valence-corrected chi connectivity index (χ1v) is 6.70. The second-order valence-electron chi connectivity index (χ2n) is 4.06. The van der Waals surface area contributed by atoms with E-state index in [-0.39, 0.29) is 18.0 Å². The molecule has 5 heteroatoms. The molecule has 2 unspecified atom stereocenters. The molecule has 1 aliphatic heterocycles. The van der Waals surface area contributed by atoms with Gasteiger partial charge in [0.2, 0.25) is 5.91 Å². The summed E-state index contributed by atoms with van der Waals surface area (Å²) < 4.78 is 0.789. The average molecular weight is 259 g/mol. The van der Waals surface area contributed by atoms with Crippen molar-refractivity contribution >= 4 is 28.8 Å². The van der Waals surface area contributed by atoms with Crippen molar-refractivity contribution in [3.8, 4) is 0 Å². The van der Waals surface area contributed by atoms with Gasteiger partial charge in [-0.3, -0.25) is 10.1 Å². The maximum atomic E-state index is 11.6. The highest BCUT2D eigenvalue weighted by atomic mass is 35.5. The fraction of sp³-hybridized carbons (Fsp3) is 0.545. The number of hydrogen-bond donors (Lipinski definition) is 2. The normalized spacial score (nSPS) is 22.9. The summed E-state index contributed by atoms with van der Waals surface area (Å²) in [6.45, 7) is 2.86. The summed E-state index contributed by atoms with van der Waals surface area (Å²) in [4.78, 5) is 11.6. The topological polar surface area (TPSA) is 41.1 Å². The number of carbonyl (C=O) groups is 1. The Bertz CT molecular complexity index is 380. The predicted molar refractivity (Wildman–Crippen MR) is 66.9 cm³/mol. The van der Waals surface area contributed by atoms with E-state index < -0.39 is 0 Å². The number of carbonyl (C=O) groups excluding carboxylic acids is 1. The minimum Gasteiger partial charge on any atom is -0.355 e. The van der Waals surface area contributed by atoms with Gasteiger partial charge in [0, 0.05) is 12.6 Å². The molecule has 2 N–H and O–H groups in total. The van der Waals surface area contributed by atoms with E-state index in [1.807, 2.05) is 11.4 Å². The lowest BCUT2D eigenvalue weighted by Gasteiger charge is -2.25. The van der Waals surface area contributed by atoms with Crippen LogP contribution in [0.1, 0.15) is 31.4 Å². The minimum atomic E-state index is -0.0672. The van der Waals surface area contributed by atoms with Crippen LogP contribution >= 0.6 is 22.9 Å². The highest BCUT2D eigenvalue weighted by molar-refractivity contribution is 7.14. The van der Waals surface area contributed by atoms with Crippen molar-refractivity contribution in [1.82, 2.24) is 10.6 Å². The van der Waals surface area contributed by atoms with Gasteiger partial charge in [-0.05, 0) is 36.8 Å². The van der Waals surface area contributed by atoms with Crippen molar-refractivity contribution in [2.45, 2.75) is 31.8 Å². The highest BCUT2D eigenvalue weighted by Gasteiger charge is 2.23. The van der Waals surface area contributed by atoms with Gasteiger partial charge in [-0.15, -0.1) is 11.3 Å². The maximum absolute atomic E-state index is 11.6. The molecule has 0 radical (unpaired) electrons. The van der Waals surface area contributed by atoms with Crippen LogP contribution in [0.4, 0.5) is 0 Å².